The number of ether oxygens (including phenoxy) is 1. The van der Waals surface area contributed by atoms with Gasteiger partial charge in [-0.2, -0.15) is 0 Å². The van der Waals surface area contributed by atoms with Gasteiger partial charge in [0.15, 0.2) is 0 Å². The number of amides is 1. The number of rotatable bonds is 11. The topological polar surface area (TPSA) is 92.5 Å². The lowest BCUT2D eigenvalue weighted by Crippen LogP contribution is -2.25. The van der Waals surface area contributed by atoms with Gasteiger partial charge in [0.05, 0.1) is 25.5 Å². The summed E-state index contributed by atoms with van der Waals surface area (Å²) in [6.45, 7) is 3.90. The predicted molar refractivity (Wildman–Crippen MR) is 129 cm³/mol. The van der Waals surface area contributed by atoms with Crippen LogP contribution in [-0.2, 0) is 29.1 Å². The number of benzene rings is 2. The van der Waals surface area contributed by atoms with Crippen LogP contribution in [0, 0.1) is 0 Å². The molecule has 1 unspecified atom stereocenters. The zero-order valence-corrected chi connectivity index (χ0v) is 19.2. The van der Waals surface area contributed by atoms with Crippen LogP contribution in [0.4, 0.5) is 0 Å². The van der Waals surface area contributed by atoms with Crippen molar-refractivity contribution in [3.8, 4) is 0 Å². The Morgan fingerprint density at radius 1 is 1.15 bits per heavy atom. The normalized spacial score (nSPS) is 16.3. The number of hydroxylamine groups is 1. The van der Waals surface area contributed by atoms with Gasteiger partial charge >= 0.3 is 0 Å². The van der Waals surface area contributed by atoms with Crippen LogP contribution >= 0.6 is 0 Å². The van der Waals surface area contributed by atoms with Crippen molar-refractivity contribution in [3.63, 3.8) is 0 Å². The fraction of sp³-hybridized carbons (Fsp3) is 0.346. The van der Waals surface area contributed by atoms with Crippen LogP contribution < -0.4 is 5.48 Å². The van der Waals surface area contributed by atoms with Crippen LogP contribution in [0.1, 0.15) is 41.3 Å². The fourth-order valence-electron chi connectivity index (χ4n) is 4.25. The van der Waals surface area contributed by atoms with E-state index in [9.17, 15) is 4.79 Å². The van der Waals surface area contributed by atoms with Crippen LogP contribution in [0.25, 0.3) is 6.08 Å². The van der Waals surface area contributed by atoms with E-state index in [1.54, 1.807) is 11.6 Å². The van der Waals surface area contributed by atoms with Crippen molar-refractivity contribution in [2.24, 2.45) is 0 Å². The van der Waals surface area contributed by atoms with E-state index in [0.29, 0.717) is 25.8 Å². The highest BCUT2D eigenvalue weighted by molar-refractivity contribution is 5.90. The van der Waals surface area contributed by atoms with Crippen LogP contribution in [0.15, 0.2) is 66.9 Å². The number of carbonyl (C=O) groups is 1. The summed E-state index contributed by atoms with van der Waals surface area (Å²) in [5, 5.41) is 17.2. The maximum Gasteiger partial charge on any atom is 0.267 e. The van der Waals surface area contributed by atoms with E-state index < -0.39 is 5.91 Å². The van der Waals surface area contributed by atoms with E-state index in [1.165, 1.54) is 23.6 Å². The van der Waals surface area contributed by atoms with Gasteiger partial charge in [-0.3, -0.25) is 14.9 Å². The van der Waals surface area contributed by atoms with E-state index >= 15 is 0 Å². The molecule has 4 rings (SSSR count). The second-order valence-electron chi connectivity index (χ2n) is 8.43. The highest BCUT2D eigenvalue weighted by atomic mass is 16.5. The Balaban J connectivity index is 1.23. The zero-order valence-electron chi connectivity index (χ0n) is 19.2. The molecule has 0 radical (unpaired) electrons. The average molecular weight is 462 g/mol. The number of aromatic nitrogens is 3. The largest absolute Gasteiger partial charge is 0.375 e. The molecule has 1 aromatic heterocycles. The first-order valence-electron chi connectivity index (χ1n) is 11.7. The van der Waals surface area contributed by atoms with Crippen molar-refractivity contribution in [1.29, 1.82) is 0 Å². The molecule has 2 heterocycles. The van der Waals surface area contributed by atoms with Crippen LogP contribution in [0.3, 0.4) is 0 Å². The van der Waals surface area contributed by atoms with Gasteiger partial charge in [-0.25, -0.2) is 10.2 Å². The molecular weight excluding hydrogens is 430 g/mol. The van der Waals surface area contributed by atoms with Gasteiger partial charge in [0.1, 0.15) is 0 Å². The molecule has 34 heavy (non-hydrogen) atoms. The van der Waals surface area contributed by atoms with Crippen molar-refractivity contribution in [1.82, 2.24) is 25.4 Å². The molecule has 3 aromatic rings. The van der Waals surface area contributed by atoms with Gasteiger partial charge in [-0.05, 0) is 42.2 Å². The SMILES string of the molecule is O=C(C=Cc1ccc(C2CCCN2CCc2cn(CCOCc3ccccc3)nn2)cc1)NO. The van der Waals surface area contributed by atoms with Crippen molar-refractivity contribution in [2.45, 2.75) is 38.5 Å². The minimum absolute atomic E-state index is 0.389. The Morgan fingerprint density at radius 3 is 2.76 bits per heavy atom. The molecule has 1 saturated heterocycles. The summed E-state index contributed by atoms with van der Waals surface area (Å²) in [7, 11) is 0. The summed E-state index contributed by atoms with van der Waals surface area (Å²) in [4.78, 5) is 13.6. The smallest absolute Gasteiger partial charge is 0.267 e. The number of carbonyl (C=O) groups excluding carboxylic acids is 1. The van der Waals surface area contributed by atoms with Gasteiger partial charge < -0.3 is 4.74 Å². The first-order valence-corrected chi connectivity index (χ1v) is 11.7. The number of hydrogen-bond acceptors (Lipinski definition) is 6. The van der Waals surface area contributed by atoms with E-state index in [-0.39, 0.29) is 0 Å². The third kappa shape index (κ3) is 6.84. The fourth-order valence-corrected chi connectivity index (χ4v) is 4.25. The van der Waals surface area contributed by atoms with Crippen LogP contribution in [0.2, 0.25) is 0 Å². The van der Waals surface area contributed by atoms with Gasteiger partial charge in [0.25, 0.3) is 5.91 Å². The van der Waals surface area contributed by atoms with Crippen molar-refractivity contribution >= 4 is 12.0 Å². The minimum Gasteiger partial charge on any atom is -0.375 e. The Kier molecular flexibility index (Phi) is 8.56. The summed E-state index contributed by atoms with van der Waals surface area (Å²) in [6, 6.07) is 18.8. The molecule has 2 N–H and O–H groups in total. The third-order valence-electron chi connectivity index (χ3n) is 6.04. The third-order valence-corrected chi connectivity index (χ3v) is 6.04. The lowest BCUT2D eigenvalue weighted by atomic mass is 10.0. The van der Waals surface area contributed by atoms with E-state index in [2.05, 4.69) is 39.5 Å². The molecule has 1 aliphatic heterocycles. The van der Waals surface area contributed by atoms with Crippen LogP contribution in [-0.4, -0.2) is 50.7 Å². The standard InChI is InChI=1S/C26H31N5O3/c32-26(28-33)13-10-21-8-11-23(12-9-21)25-7-4-15-30(25)16-14-24-19-31(29-27-24)17-18-34-20-22-5-2-1-3-6-22/h1-3,5-6,8-13,19,25,33H,4,7,14-18,20H2,(H,28,32). The predicted octanol–water partition coefficient (Wildman–Crippen LogP) is 3.39. The summed E-state index contributed by atoms with van der Waals surface area (Å²) < 4.78 is 7.60. The summed E-state index contributed by atoms with van der Waals surface area (Å²) in [5.41, 5.74) is 5.96. The molecule has 1 amide bonds. The number of nitrogens with one attached hydrogen (secondary N) is 1. The Hall–Kier alpha value is -3.33. The Labute approximate surface area is 199 Å². The molecule has 178 valence electrons. The molecule has 8 nitrogen and oxygen atoms in total. The maximum absolute atomic E-state index is 11.1. The number of nitrogens with zero attached hydrogens (tertiary/aromatic N) is 4. The van der Waals surface area contributed by atoms with Crippen LogP contribution in [0.5, 0.6) is 0 Å². The lowest BCUT2D eigenvalue weighted by Gasteiger charge is -2.24. The second-order valence-corrected chi connectivity index (χ2v) is 8.43. The van der Waals surface area contributed by atoms with E-state index in [4.69, 9.17) is 9.94 Å². The minimum atomic E-state index is -0.539. The molecule has 0 bridgehead atoms. The first kappa shape index (κ1) is 23.8. The molecule has 0 aliphatic carbocycles. The molecule has 1 aliphatic rings. The van der Waals surface area contributed by atoms with Gasteiger partial charge in [0, 0.05) is 31.3 Å². The van der Waals surface area contributed by atoms with Crippen molar-refractivity contribution in [3.05, 3.63) is 89.3 Å². The first-order chi connectivity index (χ1) is 16.7. The number of likely N-dealkylation sites (tertiary alicyclic amines) is 1. The second kappa shape index (κ2) is 12.2. The van der Waals surface area contributed by atoms with Crippen molar-refractivity contribution < 1.29 is 14.7 Å². The summed E-state index contributed by atoms with van der Waals surface area (Å²) in [6.07, 6.45) is 8.16. The molecule has 0 spiro atoms. The molecule has 1 atom stereocenters. The Bertz CT molecular complexity index is 1070. The molecule has 2 aromatic carbocycles. The summed E-state index contributed by atoms with van der Waals surface area (Å²) >= 11 is 0. The maximum atomic E-state index is 11.1. The van der Waals surface area contributed by atoms with E-state index in [1.807, 2.05) is 41.2 Å². The van der Waals surface area contributed by atoms with Crippen molar-refractivity contribution in [2.75, 3.05) is 19.7 Å². The number of hydrogen-bond donors (Lipinski definition) is 2. The van der Waals surface area contributed by atoms with Gasteiger partial charge in [-0.1, -0.05) is 59.8 Å². The Morgan fingerprint density at radius 2 is 1.97 bits per heavy atom. The monoisotopic (exact) mass is 461 g/mol. The van der Waals surface area contributed by atoms with Gasteiger partial charge in [-0.15, -0.1) is 5.10 Å². The summed E-state index contributed by atoms with van der Waals surface area (Å²) in [5.74, 6) is -0.539. The molecular formula is C26H31N5O3. The average Bonchev–Trinajstić information content (AvgIpc) is 3.54. The molecule has 0 saturated carbocycles. The highest BCUT2D eigenvalue weighted by Crippen LogP contribution is 2.32. The van der Waals surface area contributed by atoms with E-state index in [0.717, 1.165) is 37.2 Å². The quantitative estimate of drug-likeness (QED) is 0.197. The highest BCUT2D eigenvalue weighted by Gasteiger charge is 2.25. The zero-order chi connectivity index (χ0) is 23.6. The van der Waals surface area contributed by atoms with Gasteiger partial charge in [0.2, 0.25) is 0 Å². The molecule has 8 heteroatoms. The lowest BCUT2D eigenvalue weighted by molar-refractivity contribution is -0.124. The molecule has 1 fully saturated rings.